The number of nitrogens with two attached hydrogens (primary N) is 1. The van der Waals surface area contributed by atoms with Crippen molar-refractivity contribution in [1.82, 2.24) is 4.90 Å². The molecule has 0 unspecified atom stereocenters. The zero-order chi connectivity index (χ0) is 22.7. The summed E-state index contributed by atoms with van der Waals surface area (Å²) in [5.74, 6) is -1.53. The van der Waals surface area contributed by atoms with Gasteiger partial charge in [0.05, 0.1) is 22.1 Å². The lowest BCUT2D eigenvalue weighted by Crippen LogP contribution is -2.36. The van der Waals surface area contributed by atoms with Crippen molar-refractivity contribution in [1.29, 1.82) is 0 Å². The summed E-state index contributed by atoms with van der Waals surface area (Å²) in [7, 11) is 1.41. The normalized spacial score (nSPS) is 14.8. The van der Waals surface area contributed by atoms with Crippen LogP contribution in [-0.4, -0.2) is 41.6 Å². The van der Waals surface area contributed by atoms with Gasteiger partial charge in [-0.3, -0.25) is 19.3 Å². The molecule has 3 rings (SSSR count). The molecule has 160 valence electrons. The Morgan fingerprint density at radius 2 is 1.87 bits per heavy atom. The van der Waals surface area contributed by atoms with Crippen LogP contribution in [0, 0.1) is 6.92 Å². The molecule has 2 N–H and O–H groups in total. The number of esters is 1. The number of rotatable bonds is 6. The van der Waals surface area contributed by atoms with Gasteiger partial charge in [-0.2, -0.15) is 0 Å². The first-order valence-electron chi connectivity index (χ1n) is 8.89. The molecule has 1 saturated heterocycles. The van der Waals surface area contributed by atoms with Crippen LogP contribution in [0.4, 0.5) is 4.79 Å². The highest BCUT2D eigenvalue weighted by Gasteiger charge is 2.36. The number of amides is 3. The summed E-state index contributed by atoms with van der Waals surface area (Å²) in [6, 6.07) is 10.1. The second-order valence-electron chi connectivity index (χ2n) is 6.52. The van der Waals surface area contributed by atoms with Gasteiger partial charge in [0.2, 0.25) is 5.91 Å². The highest BCUT2D eigenvalue weighted by atomic mass is 79.9. The van der Waals surface area contributed by atoms with Crippen LogP contribution in [0.5, 0.6) is 11.5 Å². The Hall–Kier alpha value is -3.11. The van der Waals surface area contributed by atoms with Gasteiger partial charge in [0, 0.05) is 0 Å². The molecule has 8 nitrogen and oxygen atoms in total. The predicted molar refractivity (Wildman–Crippen MR) is 119 cm³/mol. The van der Waals surface area contributed by atoms with Gasteiger partial charge in [-0.25, -0.2) is 4.79 Å². The first kappa shape index (κ1) is 22.6. The Morgan fingerprint density at radius 3 is 2.48 bits per heavy atom. The van der Waals surface area contributed by atoms with Crippen molar-refractivity contribution in [3.63, 3.8) is 0 Å². The topological polar surface area (TPSA) is 116 Å². The van der Waals surface area contributed by atoms with E-state index in [1.54, 1.807) is 36.4 Å². The molecule has 2 aromatic rings. The molecule has 2 aromatic carbocycles. The second kappa shape index (κ2) is 9.36. The number of benzene rings is 2. The van der Waals surface area contributed by atoms with E-state index in [-0.39, 0.29) is 16.4 Å². The van der Waals surface area contributed by atoms with Gasteiger partial charge in [0.1, 0.15) is 6.54 Å². The van der Waals surface area contributed by atoms with Crippen LogP contribution in [0.3, 0.4) is 0 Å². The number of thioether (sulfide) groups is 1. The molecule has 1 aliphatic rings. The molecule has 0 radical (unpaired) electrons. The zero-order valence-corrected chi connectivity index (χ0v) is 18.9. The number of halogens is 1. The maximum atomic E-state index is 12.5. The Bertz CT molecular complexity index is 1110. The number of ether oxygens (including phenoxy) is 2. The number of hydrogen-bond acceptors (Lipinski definition) is 7. The van der Waals surface area contributed by atoms with Crippen LogP contribution in [-0.2, 0) is 9.59 Å². The van der Waals surface area contributed by atoms with Gasteiger partial charge < -0.3 is 15.2 Å². The van der Waals surface area contributed by atoms with E-state index in [9.17, 15) is 19.2 Å². The van der Waals surface area contributed by atoms with E-state index in [4.69, 9.17) is 15.2 Å². The van der Waals surface area contributed by atoms with E-state index >= 15 is 0 Å². The van der Waals surface area contributed by atoms with E-state index in [2.05, 4.69) is 15.9 Å². The molecular weight excluding hydrogens is 488 g/mol. The van der Waals surface area contributed by atoms with Gasteiger partial charge in [0.25, 0.3) is 11.1 Å². The maximum Gasteiger partial charge on any atom is 0.343 e. The van der Waals surface area contributed by atoms with Crippen molar-refractivity contribution in [3.8, 4) is 11.5 Å². The van der Waals surface area contributed by atoms with Crippen molar-refractivity contribution in [2.75, 3.05) is 13.7 Å². The number of methoxy groups -OCH3 is 1. The summed E-state index contributed by atoms with van der Waals surface area (Å²) in [5, 5.41) is -0.579. The van der Waals surface area contributed by atoms with Crippen molar-refractivity contribution in [3.05, 3.63) is 62.5 Å². The van der Waals surface area contributed by atoms with Crippen molar-refractivity contribution < 1.29 is 28.7 Å². The standard InChI is InChI=1S/C21H17BrN2O6S/c1-11-3-5-13(6-4-11)20(27)30-18-14(22)7-12(8-15(18)29-2)9-16-19(26)24(10-17(23)25)21(28)31-16/h3-9H,10H2,1-2H3,(H2,23,25)/b16-9-. The molecule has 1 heterocycles. The van der Waals surface area contributed by atoms with Crippen molar-refractivity contribution in [2.24, 2.45) is 5.73 Å². The predicted octanol–water partition coefficient (Wildman–Crippen LogP) is 3.51. The smallest absolute Gasteiger partial charge is 0.343 e. The lowest BCUT2D eigenvalue weighted by Gasteiger charge is -2.13. The fraction of sp³-hybridized carbons (Fsp3) is 0.143. The summed E-state index contributed by atoms with van der Waals surface area (Å²) >= 11 is 4.06. The molecule has 31 heavy (non-hydrogen) atoms. The van der Waals surface area contributed by atoms with Crippen molar-refractivity contribution >= 4 is 56.8 Å². The number of hydrogen-bond donors (Lipinski definition) is 1. The van der Waals surface area contributed by atoms with Crippen LogP contribution >= 0.6 is 27.7 Å². The Kier molecular flexibility index (Phi) is 6.81. The number of carbonyl (C=O) groups is 4. The molecule has 1 fully saturated rings. The molecule has 0 saturated carbocycles. The minimum absolute atomic E-state index is 0.129. The minimum atomic E-state index is -0.785. The largest absolute Gasteiger partial charge is 0.493 e. The quantitative estimate of drug-likeness (QED) is 0.363. The summed E-state index contributed by atoms with van der Waals surface area (Å²) in [6.45, 7) is 1.43. The molecule has 0 bridgehead atoms. The van der Waals surface area contributed by atoms with E-state index in [1.807, 2.05) is 6.92 Å². The van der Waals surface area contributed by atoms with Crippen LogP contribution in [0.2, 0.25) is 0 Å². The van der Waals surface area contributed by atoms with Gasteiger partial charge in [-0.15, -0.1) is 0 Å². The fourth-order valence-electron chi connectivity index (χ4n) is 2.71. The van der Waals surface area contributed by atoms with Crippen LogP contribution < -0.4 is 15.2 Å². The van der Waals surface area contributed by atoms with Crippen LogP contribution in [0.25, 0.3) is 6.08 Å². The molecular formula is C21H17BrN2O6S. The Balaban J connectivity index is 1.87. The summed E-state index contributed by atoms with van der Waals surface area (Å²) in [6.07, 6.45) is 1.48. The second-order valence-corrected chi connectivity index (χ2v) is 8.37. The summed E-state index contributed by atoms with van der Waals surface area (Å²) < 4.78 is 11.3. The van der Waals surface area contributed by atoms with Gasteiger partial charge in [-0.1, -0.05) is 17.7 Å². The monoisotopic (exact) mass is 504 g/mol. The van der Waals surface area contributed by atoms with E-state index in [0.29, 0.717) is 27.4 Å². The van der Waals surface area contributed by atoms with E-state index in [0.717, 1.165) is 10.5 Å². The molecule has 3 amide bonds. The lowest BCUT2D eigenvalue weighted by atomic mass is 10.1. The summed E-state index contributed by atoms with van der Waals surface area (Å²) in [4.78, 5) is 48.8. The molecule has 0 spiro atoms. The molecule has 1 aliphatic heterocycles. The zero-order valence-electron chi connectivity index (χ0n) is 16.5. The number of imide groups is 1. The van der Waals surface area contributed by atoms with Gasteiger partial charge >= 0.3 is 5.97 Å². The molecule has 10 heteroatoms. The first-order valence-corrected chi connectivity index (χ1v) is 10.5. The van der Waals surface area contributed by atoms with Crippen molar-refractivity contribution in [2.45, 2.75) is 6.92 Å². The van der Waals surface area contributed by atoms with Gasteiger partial charge in [-0.05, 0) is 70.5 Å². The first-order chi connectivity index (χ1) is 14.7. The third-order valence-corrected chi connectivity index (χ3v) is 5.72. The molecule has 0 atom stereocenters. The summed E-state index contributed by atoms with van der Waals surface area (Å²) in [5.41, 5.74) is 6.99. The van der Waals surface area contributed by atoms with E-state index < -0.39 is 29.6 Å². The number of carbonyl (C=O) groups excluding carboxylic acids is 4. The van der Waals surface area contributed by atoms with Crippen LogP contribution in [0.1, 0.15) is 21.5 Å². The number of nitrogens with zero attached hydrogens (tertiary/aromatic N) is 1. The molecule has 0 aliphatic carbocycles. The Labute approximate surface area is 190 Å². The highest BCUT2D eigenvalue weighted by molar-refractivity contribution is 9.10. The highest BCUT2D eigenvalue weighted by Crippen LogP contribution is 2.39. The third-order valence-electron chi connectivity index (χ3n) is 4.22. The maximum absolute atomic E-state index is 12.5. The average molecular weight is 505 g/mol. The average Bonchev–Trinajstić information content (AvgIpc) is 2.97. The van der Waals surface area contributed by atoms with Gasteiger partial charge in [0.15, 0.2) is 11.5 Å². The number of primary amides is 1. The van der Waals surface area contributed by atoms with Crippen LogP contribution in [0.15, 0.2) is 45.8 Å². The van der Waals surface area contributed by atoms with E-state index in [1.165, 1.54) is 13.2 Å². The fourth-order valence-corrected chi connectivity index (χ4v) is 4.09. The SMILES string of the molecule is COc1cc(/C=C2\SC(=O)N(CC(N)=O)C2=O)cc(Br)c1OC(=O)c1ccc(C)cc1. The minimum Gasteiger partial charge on any atom is -0.493 e. The molecule has 0 aromatic heterocycles. The third kappa shape index (κ3) is 5.15. The Morgan fingerprint density at radius 1 is 1.19 bits per heavy atom. The lowest BCUT2D eigenvalue weighted by molar-refractivity contribution is -0.127. The number of aryl methyl sites for hydroxylation is 1.